The molecule has 0 aromatic carbocycles. The summed E-state index contributed by atoms with van der Waals surface area (Å²) in [5, 5.41) is 7.09. The highest BCUT2D eigenvalue weighted by Gasteiger charge is 2.22. The number of hydrogen-bond acceptors (Lipinski definition) is 3. The first-order valence-electron chi connectivity index (χ1n) is 6.78. The predicted octanol–water partition coefficient (Wildman–Crippen LogP) is 0.974. The molecule has 1 aliphatic heterocycles. The van der Waals surface area contributed by atoms with E-state index in [0.29, 0.717) is 12.1 Å². The zero-order chi connectivity index (χ0) is 13.7. The molecular weight excluding hydrogens is 247 g/mol. The highest BCUT2D eigenvalue weighted by Crippen LogP contribution is 2.11. The van der Waals surface area contributed by atoms with E-state index in [1.165, 1.54) is 0 Å². The van der Waals surface area contributed by atoms with E-state index in [1.54, 1.807) is 24.0 Å². The molecule has 0 aliphatic carbocycles. The number of nitrogens with zero attached hydrogens (tertiary/aromatic N) is 3. The number of nitrogens with one attached hydrogen (secondary N) is 1. The van der Waals surface area contributed by atoms with Gasteiger partial charge in [0, 0.05) is 32.4 Å². The molecule has 5 nitrogen and oxygen atoms in total. The van der Waals surface area contributed by atoms with Crippen LogP contribution in [0.1, 0.15) is 29.8 Å². The lowest BCUT2D eigenvalue weighted by Gasteiger charge is -2.32. The van der Waals surface area contributed by atoms with Crippen LogP contribution in [0.4, 0.5) is 4.39 Å². The third-order valence-corrected chi connectivity index (χ3v) is 3.39. The third-order valence-electron chi connectivity index (χ3n) is 3.39. The minimum atomic E-state index is -0.276. The molecule has 1 atom stereocenters. The number of carbonyl (C=O) groups excluding carboxylic acids is 1. The molecule has 1 unspecified atom stereocenters. The maximum Gasteiger partial charge on any atom is 0.272 e. The maximum atomic E-state index is 12.2. The molecule has 6 heteroatoms. The van der Waals surface area contributed by atoms with Gasteiger partial charge < -0.3 is 10.2 Å². The van der Waals surface area contributed by atoms with E-state index in [4.69, 9.17) is 0 Å². The second kappa shape index (κ2) is 6.65. The second-order valence-electron chi connectivity index (χ2n) is 5.03. The van der Waals surface area contributed by atoms with Gasteiger partial charge in [-0.25, -0.2) is 0 Å². The zero-order valence-corrected chi connectivity index (χ0v) is 11.3. The van der Waals surface area contributed by atoms with E-state index in [9.17, 15) is 9.18 Å². The molecule has 1 N–H and O–H groups in total. The molecule has 0 bridgehead atoms. The smallest absolute Gasteiger partial charge is 0.272 e. The zero-order valence-electron chi connectivity index (χ0n) is 11.3. The summed E-state index contributed by atoms with van der Waals surface area (Å²) in [6.45, 7) is 2.29. The van der Waals surface area contributed by atoms with E-state index >= 15 is 0 Å². The Kier molecular flexibility index (Phi) is 4.90. The largest absolute Gasteiger partial charge is 0.347 e. The minimum absolute atomic E-state index is 0.127. The van der Waals surface area contributed by atoms with Crippen LogP contribution >= 0.6 is 0 Å². The van der Waals surface area contributed by atoms with Crippen molar-refractivity contribution in [3.8, 4) is 0 Å². The Bertz CT molecular complexity index is 421. The lowest BCUT2D eigenvalue weighted by atomic mass is 10.1. The number of rotatable bonds is 5. The molecule has 1 aliphatic rings. The van der Waals surface area contributed by atoms with Crippen molar-refractivity contribution in [3.63, 3.8) is 0 Å². The van der Waals surface area contributed by atoms with Gasteiger partial charge in [-0.2, -0.15) is 5.10 Å². The molecule has 1 aromatic rings. The van der Waals surface area contributed by atoms with E-state index in [1.807, 2.05) is 0 Å². The number of carbonyl (C=O) groups is 1. The van der Waals surface area contributed by atoms with Crippen LogP contribution in [-0.2, 0) is 7.05 Å². The van der Waals surface area contributed by atoms with Crippen LogP contribution in [0.2, 0.25) is 0 Å². The van der Waals surface area contributed by atoms with Gasteiger partial charge in [0.05, 0.1) is 6.67 Å². The first-order valence-corrected chi connectivity index (χ1v) is 6.78. The number of halogens is 1. The fourth-order valence-electron chi connectivity index (χ4n) is 2.46. The van der Waals surface area contributed by atoms with Crippen LogP contribution in [0, 0.1) is 0 Å². The average Bonchev–Trinajstić information content (AvgIpc) is 2.83. The van der Waals surface area contributed by atoms with Crippen LogP contribution in [-0.4, -0.2) is 52.9 Å². The SMILES string of the molecule is Cn1ccc(C(=O)NC2CCCN(CCCF)C2)n1. The molecule has 1 saturated heterocycles. The fourth-order valence-corrected chi connectivity index (χ4v) is 2.46. The number of hydrogen-bond donors (Lipinski definition) is 1. The Morgan fingerprint density at radius 2 is 2.47 bits per heavy atom. The van der Waals surface area contributed by atoms with Gasteiger partial charge in [0.2, 0.25) is 0 Å². The molecule has 1 fully saturated rings. The Hall–Kier alpha value is -1.43. The van der Waals surface area contributed by atoms with Gasteiger partial charge in [-0.1, -0.05) is 0 Å². The predicted molar refractivity (Wildman–Crippen MR) is 70.7 cm³/mol. The number of piperidine rings is 1. The lowest BCUT2D eigenvalue weighted by Crippen LogP contribution is -2.48. The van der Waals surface area contributed by atoms with Crippen molar-refractivity contribution in [3.05, 3.63) is 18.0 Å². The number of aromatic nitrogens is 2. The lowest BCUT2D eigenvalue weighted by molar-refractivity contribution is 0.0896. The quantitative estimate of drug-likeness (QED) is 0.866. The molecule has 0 saturated carbocycles. The standard InChI is InChI=1S/C13H21FN4O/c1-17-9-5-12(16-17)13(19)15-11-4-2-7-18(10-11)8-3-6-14/h5,9,11H,2-4,6-8,10H2,1H3,(H,15,19). The summed E-state index contributed by atoms with van der Waals surface area (Å²) >= 11 is 0. The Morgan fingerprint density at radius 1 is 1.63 bits per heavy atom. The first kappa shape index (κ1) is 14.0. The Labute approximate surface area is 112 Å². The molecule has 1 amide bonds. The van der Waals surface area contributed by atoms with Crippen LogP contribution < -0.4 is 5.32 Å². The summed E-state index contributed by atoms with van der Waals surface area (Å²) in [6.07, 6.45) is 4.34. The summed E-state index contributed by atoms with van der Waals surface area (Å²) in [7, 11) is 1.79. The van der Waals surface area contributed by atoms with E-state index in [0.717, 1.165) is 32.5 Å². The third kappa shape index (κ3) is 4.02. The van der Waals surface area contributed by atoms with E-state index in [-0.39, 0.29) is 18.6 Å². The molecule has 2 heterocycles. The highest BCUT2D eigenvalue weighted by atomic mass is 19.1. The van der Waals surface area contributed by atoms with Crippen LogP contribution in [0.3, 0.4) is 0 Å². The number of likely N-dealkylation sites (tertiary alicyclic amines) is 1. The molecular formula is C13H21FN4O. The molecule has 0 spiro atoms. The van der Waals surface area contributed by atoms with Crippen molar-refractivity contribution in [1.29, 1.82) is 0 Å². The van der Waals surface area contributed by atoms with E-state index < -0.39 is 0 Å². The summed E-state index contributed by atoms with van der Waals surface area (Å²) in [5.74, 6) is -0.127. The summed E-state index contributed by atoms with van der Waals surface area (Å²) in [6, 6.07) is 1.85. The molecule has 0 radical (unpaired) electrons. The minimum Gasteiger partial charge on any atom is -0.347 e. The fraction of sp³-hybridized carbons (Fsp3) is 0.692. The van der Waals surface area contributed by atoms with Crippen molar-refractivity contribution < 1.29 is 9.18 Å². The monoisotopic (exact) mass is 268 g/mol. The Morgan fingerprint density at radius 3 is 3.16 bits per heavy atom. The van der Waals surface area contributed by atoms with Crippen molar-refractivity contribution in [2.75, 3.05) is 26.3 Å². The van der Waals surface area contributed by atoms with Gasteiger partial charge >= 0.3 is 0 Å². The Balaban J connectivity index is 1.83. The summed E-state index contributed by atoms with van der Waals surface area (Å²) < 4.78 is 13.8. The number of alkyl halides is 1. The maximum absolute atomic E-state index is 12.2. The molecule has 19 heavy (non-hydrogen) atoms. The molecule has 106 valence electrons. The van der Waals surface area contributed by atoms with Crippen molar-refractivity contribution in [2.24, 2.45) is 7.05 Å². The number of amides is 1. The molecule has 1 aromatic heterocycles. The normalized spacial score (nSPS) is 20.4. The molecule has 2 rings (SSSR count). The van der Waals surface area contributed by atoms with Crippen molar-refractivity contribution in [2.45, 2.75) is 25.3 Å². The summed E-state index contributed by atoms with van der Waals surface area (Å²) in [5.41, 5.74) is 0.448. The number of aryl methyl sites for hydroxylation is 1. The van der Waals surface area contributed by atoms with Crippen LogP contribution in [0.25, 0.3) is 0 Å². The van der Waals surface area contributed by atoms with Gasteiger partial charge in [-0.05, 0) is 31.9 Å². The van der Waals surface area contributed by atoms with Crippen LogP contribution in [0.15, 0.2) is 12.3 Å². The van der Waals surface area contributed by atoms with Crippen LogP contribution in [0.5, 0.6) is 0 Å². The topological polar surface area (TPSA) is 50.2 Å². The van der Waals surface area contributed by atoms with Gasteiger partial charge in [-0.15, -0.1) is 0 Å². The second-order valence-corrected chi connectivity index (χ2v) is 5.03. The van der Waals surface area contributed by atoms with E-state index in [2.05, 4.69) is 15.3 Å². The van der Waals surface area contributed by atoms with Crippen molar-refractivity contribution in [1.82, 2.24) is 20.0 Å². The van der Waals surface area contributed by atoms with Gasteiger partial charge in [0.1, 0.15) is 5.69 Å². The van der Waals surface area contributed by atoms with Gasteiger partial charge in [0.15, 0.2) is 0 Å². The average molecular weight is 268 g/mol. The van der Waals surface area contributed by atoms with Crippen molar-refractivity contribution >= 4 is 5.91 Å². The first-order chi connectivity index (χ1) is 9.19. The highest BCUT2D eigenvalue weighted by molar-refractivity contribution is 5.92. The van der Waals surface area contributed by atoms with Gasteiger partial charge in [0.25, 0.3) is 5.91 Å². The van der Waals surface area contributed by atoms with Gasteiger partial charge in [-0.3, -0.25) is 13.9 Å². The summed E-state index contributed by atoms with van der Waals surface area (Å²) in [4.78, 5) is 14.2.